The Labute approximate surface area is 117 Å². The number of nitrogens with zero attached hydrogens (tertiary/aromatic N) is 1. The molecular formula is C17H27NO. The summed E-state index contributed by atoms with van der Waals surface area (Å²) in [6.07, 6.45) is 3.40. The molecule has 1 aromatic carbocycles. The maximum absolute atomic E-state index is 9.27. The molecule has 0 spiro atoms. The van der Waals surface area contributed by atoms with Gasteiger partial charge in [0, 0.05) is 18.2 Å². The van der Waals surface area contributed by atoms with Crippen LogP contribution < -0.4 is 0 Å². The molecule has 1 fully saturated rings. The zero-order chi connectivity index (χ0) is 13.9. The second-order valence-electron chi connectivity index (χ2n) is 6.29. The molecule has 1 aliphatic rings. The second-order valence-corrected chi connectivity index (χ2v) is 6.29. The fourth-order valence-electron chi connectivity index (χ4n) is 3.64. The van der Waals surface area contributed by atoms with Crippen LogP contribution in [0.3, 0.4) is 0 Å². The Kier molecular flexibility index (Phi) is 4.64. The van der Waals surface area contributed by atoms with E-state index in [1.54, 1.807) is 0 Å². The van der Waals surface area contributed by atoms with Gasteiger partial charge in [-0.15, -0.1) is 0 Å². The molecule has 1 saturated heterocycles. The van der Waals surface area contributed by atoms with Crippen LogP contribution >= 0.6 is 0 Å². The van der Waals surface area contributed by atoms with Gasteiger partial charge in [-0.2, -0.15) is 0 Å². The summed E-state index contributed by atoms with van der Waals surface area (Å²) >= 11 is 0. The normalized spacial score (nSPS) is 25.2. The van der Waals surface area contributed by atoms with Gasteiger partial charge >= 0.3 is 0 Å². The minimum Gasteiger partial charge on any atom is -0.396 e. The summed E-state index contributed by atoms with van der Waals surface area (Å²) in [5, 5.41) is 9.27. The van der Waals surface area contributed by atoms with E-state index in [1.807, 2.05) is 0 Å². The zero-order valence-corrected chi connectivity index (χ0v) is 12.5. The molecule has 2 heteroatoms. The van der Waals surface area contributed by atoms with E-state index < -0.39 is 0 Å². The van der Waals surface area contributed by atoms with Gasteiger partial charge in [0.15, 0.2) is 0 Å². The van der Waals surface area contributed by atoms with Crippen molar-refractivity contribution < 1.29 is 5.11 Å². The molecule has 106 valence electrons. The van der Waals surface area contributed by atoms with Gasteiger partial charge in [0.2, 0.25) is 0 Å². The molecule has 0 radical (unpaired) electrons. The van der Waals surface area contributed by atoms with Crippen molar-refractivity contribution in [1.29, 1.82) is 0 Å². The summed E-state index contributed by atoms with van der Waals surface area (Å²) in [5.74, 6) is 0.595. The number of hydrogen-bond donors (Lipinski definition) is 1. The Morgan fingerprint density at radius 3 is 2.63 bits per heavy atom. The smallest absolute Gasteiger partial charge is 0.0434 e. The Morgan fingerprint density at radius 1 is 1.32 bits per heavy atom. The highest BCUT2D eigenvalue weighted by atomic mass is 16.3. The van der Waals surface area contributed by atoms with E-state index in [2.05, 4.69) is 56.0 Å². The third-order valence-corrected chi connectivity index (χ3v) is 4.92. The van der Waals surface area contributed by atoms with Crippen LogP contribution in [-0.2, 0) is 0 Å². The average Bonchev–Trinajstić information content (AvgIpc) is 2.41. The quantitative estimate of drug-likeness (QED) is 0.895. The molecule has 1 N–H and O–H groups in total. The molecule has 19 heavy (non-hydrogen) atoms. The molecule has 2 nitrogen and oxygen atoms in total. The van der Waals surface area contributed by atoms with Gasteiger partial charge in [0.25, 0.3) is 0 Å². The highest BCUT2D eigenvalue weighted by Crippen LogP contribution is 2.40. The van der Waals surface area contributed by atoms with Crippen molar-refractivity contribution in [3.05, 3.63) is 35.9 Å². The number of piperidine rings is 1. The van der Waals surface area contributed by atoms with Gasteiger partial charge in [-0.1, -0.05) is 30.3 Å². The van der Waals surface area contributed by atoms with Crippen LogP contribution in [-0.4, -0.2) is 28.7 Å². The van der Waals surface area contributed by atoms with Crippen molar-refractivity contribution in [2.75, 3.05) is 13.2 Å². The number of aliphatic hydroxyl groups excluding tert-OH is 1. The van der Waals surface area contributed by atoms with E-state index in [1.165, 1.54) is 18.4 Å². The Balaban J connectivity index is 2.18. The van der Waals surface area contributed by atoms with Crippen molar-refractivity contribution in [3.63, 3.8) is 0 Å². The second kappa shape index (κ2) is 6.06. The third kappa shape index (κ3) is 3.01. The number of aliphatic hydroxyl groups is 1. The minimum absolute atomic E-state index is 0.163. The van der Waals surface area contributed by atoms with Crippen LogP contribution in [0, 0.1) is 5.92 Å². The van der Waals surface area contributed by atoms with E-state index in [4.69, 9.17) is 0 Å². The highest BCUT2D eigenvalue weighted by Gasteiger charge is 2.40. The van der Waals surface area contributed by atoms with E-state index >= 15 is 0 Å². The Hall–Kier alpha value is -0.860. The predicted molar refractivity (Wildman–Crippen MR) is 80.1 cm³/mol. The molecule has 2 unspecified atom stereocenters. The molecule has 1 aliphatic heterocycles. The summed E-state index contributed by atoms with van der Waals surface area (Å²) in [6.45, 7) is 8.45. The Morgan fingerprint density at radius 2 is 2.00 bits per heavy atom. The number of likely N-dealkylation sites (tertiary alicyclic amines) is 1. The van der Waals surface area contributed by atoms with Crippen molar-refractivity contribution in [1.82, 2.24) is 4.90 Å². The number of hydrogen-bond acceptors (Lipinski definition) is 2. The lowest BCUT2D eigenvalue weighted by molar-refractivity contribution is -0.0167. The van der Waals surface area contributed by atoms with Crippen molar-refractivity contribution in [2.24, 2.45) is 5.92 Å². The average molecular weight is 261 g/mol. The molecule has 0 aromatic heterocycles. The van der Waals surface area contributed by atoms with Gasteiger partial charge in [-0.3, -0.25) is 4.90 Å². The van der Waals surface area contributed by atoms with Crippen molar-refractivity contribution in [3.8, 4) is 0 Å². The highest BCUT2D eigenvalue weighted by molar-refractivity contribution is 5.19. The van der Waals surface area contributed by atoms with E-state index in [0.717, 1.165) is 13.0 Å². The molecule has 2 atom stereocenters. The van der Waals surface area contributed by atoms with Crippen LogP contribution in [0.1, 0.15) is 51.6 Å². The standard InChI is InChI=1S/C17H27NO/c1-14(15-8-5-4-6-9-15)18-12-7-10-16(11-13-19)17(18,2)3/h4-6,8-9,14,16,19H,7,10-13H2,1-3H3. The summed E-state index contributed by atoms with van der Waals surface area (Å²) in [6, 6.07) is 11.2. The van der Waals surface area contributed by atoms with E-state index in [9.17, 15) is 5.11 Å². The van der Waals surface area contributed by atoms with Gasteiger partial charge in [-0.05, 0) is 58.1 Å². The maximum atomic E-state index is 9.27. The molecule has 0 bridgehead atoms. The molecule has 1 aromatic rings. The number of benzene rings is 1. The van der Waals surface area contributed by atoms with Crippen molar-refractivity contribution >= 4 is 0 Å². The number of rotatable bonds is 4. The molecule has 2 rings (SSSR count). The van der Waals surface area contributed by atoms with E-state index in [0.29, 0.717) is 18.6 Å². The zero-order valence-electron chi connectivity index (χ0n) is 12.5. The van der Waals surface area contributed by atoms with Crippen LogP contribution in [0.15, 0.2) is 30.3 Å². The maximum Gasteiger partial charge on any atom is 0.0434 e. The SMILES string of the molecule is CC(c1ccccc1)N1CCCC(CCO)C1(C)C. The molecule has 1 heterocycles. The fourth-order valence-corrected chi connectivity index (χ4v) is 3.64. The lowest BCUT2D eigenvalue weighted by Gasteiger charge is -2.51. The van der Waals surface area contributed by atoms with E-state index in [-0.39, 0.29) is 5.54 Å². The van der Waals surface area contributed by atoms with Gasteiger partial charge in [0.1, 0.15) is 0 Å². The van der Waals surface area contributed by atoms with Gasteiger partial charge < -0.3 is 5.11 Å². The lowest BCUT2D eigenvalue weighted by Crippen LogP contribution is -2.54. The molecule has 0 saturated carbocycles. The molecule has 0 aliphatic carbocycles. The summed E-state index contributed by atoms with van der Waals surface area (Å²) < 4.78 is 0. The molecular weight excluding hydrogens is 234 g/mol. The first-order valence-corrected chi connectivity index (χ1v) is 7.50. The van der Waals surface area contributed by atoms with Crippen LogP contribution in [0.2, 0.25) is 0 Å². The van der Waals surface area contributed by atoms with Gasteiger partial charge in [-0.25, -0.2) is 0 Å². The summed E-state index contributed by atoms with van der Waals surface area (Å²) in [5.41, 5.74) is 1.55. The predicted octanol–water partition coefficient (Wildman–Crippen LogP) is 3.62. The topological polar surface area (TPSA) is 23.5 Å². The van der Waals surface area contributed by atoms with Crippen LogP contribution in [0.25, 0.3) is 0 Å². The first-order valence-electron chi connectivity index (χ1n) is 7.50. The largest absolute Gasteiger partial charge is 0.396 e. The minimum atomic E-state index is 0.163. The summed E-state index contributed by atoms with van der Waals surface area (Å²) in [4.78, 5) is 2.62. The monoisotopic (exact) mass is 261 g/mol. The first kappa shape index (κ1) is 14.5. The first-order chi connectivity index (χ1) is 9.07. The van der Waals surface area contributed by atoms with Crippen LogP contribution in [0.4, 0.5) is 0 Å². The third-order valence-electron chi connectivity index (χ3n) is 4.92. The van der Waals surface area contributed by atoms with Crippen molar-refractivity contribution in [2.45, 2.75) is 51.6 Å². The molecule has 0 amide bonds. The summed E-state index contributed by atoms with van der Waals surface area (Å²) in [7, 11) is 0. The fraction of sp³-hybridized carbons (Fsp3) is 0.647. The lowest BCUT2D eigenvalue weighted by atomic mass is 9.76. The Bertz CT molecular complexity index is 386. The van der Waals surface area contributed by atoms with Crippen LogP contribution in [0.5, 0.6) is 0 Å². The van der Waals surface area contributed by atoms with Gasteiger partial charge in [0.05, 0.1) is 0 Å².